The van der Waals surface area contributed by atoms with Crippen LogP contribution in [-0.2, 0) is 0 Å². The Bertz CT molecular complexity index is 535. The number of benzene rings is 1. The first-order valence-electron chi connectivity index (χ1n) is 6.48. The number of carboxylic acid groups (broad SMARTS) is 1. The smallest absolute Gasteiger partial charge is 0.335 e. The molecule has 0 saturated carbocycles. The monoisotopic (exact) mass is 331 g/mol. The van der Waals surface area contributed by atoms with Gasteiger partial charge in [-0.1, -0.05) is 23.2 Å². The molecule has 1 heterocycles. The molecule has 8 heteroatoms. The number of hydrogen-bond acceptors (Lipinski definition) is 3. The average Bonchev–Trinajstić information content (AvgIpc) is 2.71. The van der Waals surface area contributed by atoms with E-state index in [1.807, 2.05) is 0 Å². The van der Waals surface area contributed by atoms with Crippen LogP contribution in [0.5, 0.6) is 0 Å². The van der Waals surface area contributed by atoms with Gasteiger partial charge >= 0.3 is 12.0 Å². The molecule has 21 heavy (non-hydrogen) atoms. The number of anilines is 1. The van der Waals surface area contributed by atoms with Gasteiger partial charge in [-0.15, -0.1) is 0 Å². The molecule has 1 aromatic rings. The summed E-state index contributed by atoms with van der Waals surface area (Å²) in [6.07, 6.45) is 0.868. The van der Waals surface area contributed by atoms with E-state index in [0.29, 0.717) is 13.1 Å². The molecule has 0 bridgehead atoms. The van der Waals surface area contributed by atoms with Gasteiger partial charge in [0.2, 0.25) is 0 Å². The molecule has 6 nitrogen and oxygen atoms in total. The lowest BCUT2D eigenvalue weighted by atomic mass is 10.2. The van der Waals surface area contributed by atoms with Crippen LogP contribution in [0.3, 0.4) is 0 Å². The molecule has 1 aromatic carbocycles. The fourth-order valence-corrected chi connectivity index (χ4v) is 2.63. The predicted molar refractivity (Wildman–Crippen MR) is 81.5 cm³/mol. The van der Waals surface area contributed by atoms with E-state index < -0.39 is 5.97 Å². The average molecular weight is 332 g/mol. The topological polar surface area (TPSA) is 81.7 Å². The van der Waals surface area contributed by atoms with Crippen molar-refractivity contribution < 1.29 is 14.7 Å². The Hall–Kier alpha value is -1.50. The minimum atomic E-state index is -1.13. The van der Waals surface area contributed by atoms with Gasteiger partial charge in [-0.25, -0.2) is 9.59 Å². The molecule has 2 amide bonds. The minimum absolute atomic E-state index is 0.0260. The van der Waals surface area contributed by atoms with E-state index in [2.05, 4.69) is 10.6 Å². The maximum absolute atomic E-state index is 12.2. The molecule has 0 aromatic heterocycles. The fourth-order valence-electron chi connectivity index (χ4n) is 2.05. The van der Waals surface area contributed by atoms with E-state index >= 15 is 0 Å². The molecule has 1 fully saturated rings. The van der Waals surface area contributed by atoms with E-state index in [4.69, 9.17) is 28.3 Å². The van der Waals surface area contributed by atoms with Crippen LogP contribution in [0.4, 0.5) is 10.5 Å². The second-order valence-electron chi connectivity index (χ2n) is 4.64. The van der Waals surface area contributed by atoms with E-state index in [9.17, 15) is 9.59 Å². The summed E-state index contributed by atoms with van der Waals surface area (Å²) in [5.41, 5.74) is 0.201. The van der Waals surface area contributed by atoms with Gasteiger partial charge in [0.05, 0.1) is 21.3 Å². The highest BCUT2D eigenvalue weighted by Gasteiger charge is 2.19. The number of urea groups is 1. The van der Waals surface area contributed by atoms with Crippen molar-refractivity contribution in [2.75, 3.05) is 31.5 Å². The third-order valence-corrected chi connectivity index (χ3v) is 3.74. The minimum Gasteiger partial charge on any atom is -0.478 e. The van der Waals surface area contributed by atoms with E-state index in [-0.39, 0.29) is 27.3 Å². The summed E-state index contributed by atoms with van der Waals surface area (Å²) >= 11 is 12.0. The highest BCUT2D eigenvalue weighted by molar-refractivity contribution is 6.40. The summed E-state index contributed by atoms with van der Waals surface area (Å²) in [6, 6.07) is 2.22. The van der Waals surface area contributed by atoms with Gasteiger partial charge in [0.25, 0.3) is 0 Å². The standard InChI is InChI=1S/C13H15Cl2N3O3/c14-9-6-8(12(19)20)7-10(15)11(9)17-13(21)18-4-1-2-16-3-5-18/h6-7,16H,1-5H2,(H,17,21)(H,19,20). The van der Waals surface area contributed by atoms with Crippen LogP contribution in [0.15, 0.2) is 12.1 Å². The molecular weight excluding hydrogens is 317 g/mol. The highest BCUT2D eigenvalue weighted by atomic mass is 35.5. The zero-order valence-corrected chi connectivity index (χ0v) is 12.7. The summed E-state index contributed by atoms with van der Waals surface area (Å²) in [7, 11) is 0. The van der Waals surface area contributed by atoms with Gasteiger partial charge in [0.1, 0.15) is 0 Å². The van der Waals surface area contributed by atoms with Gasteiger partial charge in [0, 0.05) is 19.6 Å². The molecule has 0 unspecified atom stereocenters. The first-order valence-corrected chi connectivity index (χ1v) is 7.23. The van der Waals surface area contributed by atoms with Crippen molar-refractivity contribution in [1.82, 2.24) is 10.2 Å². The number of carbonyl (C=O) groups is 2. The summed E-state index contributed by atoms with van der Waals surface area (Å²) in [5.74, 6) is -1.13. The number of rotatable bonds is 2. The summed E-state index contributed by atoms with van der Waals surface area (Å²) < 4.78 is 0. The van der Waals surface area contributed by atoms with E-state index in [1.165, 1.54) is 12.1 Å². The van der Waals surface area contributed by atoms with Gasteiger partial charge in [-0.3, -0.25) is 0 Å². The number of hydrogen-bond donors (Lipinski definition) is 3. The van der Waals surface area contributed by atoms with Crippen LogP contribution in [-0.4, -0.2) is 48.2 Å². The Kier molecular flexibility index (Phi) is 5.27. The highest BCUT2D eigenvalue weighted by Crippen LogP contribution is 2.32. The molecule has 1 aliphatic rings. The number of carboxylic acids is 1. The van der Waals surface area contributed by atoms with Crippen molar-refractivity contribution in [3.05, 3.63) is 27.7 Å². The van der Waals surface area contributed by atoms with Gasteiger partial charge in [0.15, 0.2) is 0 Å². The van der Waals surface area contributed by atoms with Crippen molar-refractivity contribution >= 4 is 40.9 Å². The van der Waals surface area contributed by atoms with E-state index in [1.54, 1.807) is 4.90 Å². The van der Waals surface area contributed by atoms with Crippen molar-refractivity contribution in [3.63, 3.8) is 0 Å². The second kappa shape index (κ2) is 6.98. The van der Waals surface area contributed by atoms with Crippen LogP contribution < -0.4 is 10.6 Å². The molecule has 0 spiro atoms. The van der Waals surface area contributed by atoms with Crippen LogP contribution in [0, 0.1) is 0 Å². The number of halogens is 2. The first-order chi connectivity index (χ1) is 9.99. The third-order valence-electron chi connectivity index (χ3n) is 3.15. The molecule has 114 valence electrons. The Labute approximate surface area is 132 Å². The Morgan fingerprint density at radius 2 is 1.86 bits per heavy atom. The molecule has 3 N–H and O–H groups in total. The van der Waals surface area contributed by atoms with Crippen LogP contribution in [0.25, 0.3) is 0 Å². The normalized spacial score (nSPS) is 15.4. The molecule has 1 saturated heterocycles. The van der Waals surface area contributed by atoms with Gasteiger partial charge in [-0.05, 0) is 25.1 Å². The number of nitrogens with one attached hydrogen (secondary N) is 2. The van der Waals surface area contributed by atoms with Gasteiger partial charge in [-0.2, -0.15) is 0 Å². The first kappa shape index (κ1) is 15.9. The largest absolute Gasteiger partial charge is 0.478 e. The Morgan fingerprint density at radius 1 is 1.19 bits per heavy atom. The Balaban J connectivity index is 2.15. The van der Waals surface area contributed by atoms with E-state index in [0.717, 1.165) is 19.5 Å². The summed E-state index contributed by atoms with van der Waals surface area (Å²) in [4.78, 5) is 24.8. The lowest BCUT2D eigenvalue weighted by Crippen LogP contribution is -2.37. The van der Waals surface area contributed by atoms with Crippen LogP contribution >= 0.6 is 23.2 Å². The van der Waals surface area contributed by atoms with Crippen molar-refractivity contribution in [2.45, 2.75) is 6.42 Å². The van der Waals surface area contributed by atoms with Crippen molar-refractivity contribution in [3.8, 4) is 0 Å². The van der Waals surface area contributed by atoms with Crippen LogP contribution in [0.2, 0.25) is 10.0 Å². The number of amides is 2. The quantitative estimate of drug-likeness (QED) is 0.777. The number of aromatic carboxylic acids is 1. The SMILES string of the molecule is O=C(O)c1cc(Cl)c(NC(=O)N2CCCNCC2)c(Cl)c1. The molecule has 0 atom stereocenters. The number of nitrogens with zero attached hydrogens (tertiary/aromatic N) is 1. The zero-order valence-electron chi connectivity index (χ0n) is 11.2. The lowest BCUT2D eigenvalue weighted by Gasteiger charge is -2.21. The molecule has 2 rings (SSSR count). The maximum atomic E-state index is 12.2. The van der Waals surface area contributed by atoms with Crippen molar-refractivity contribution in [2.24, 2.45) is 0 Å². The Morgan fingerprint density at radius 3 is 2.48 bits per heavy atom. The number of carbonyl (C=O) groups excluding carboxylic acids is 1. The van der Waals surface area contributed by atoms with Gasteiger partial charge < -0.3 is 20.6 Å². The summed E-state index contributed by atoms with van der Waals surface area (Å²) in [6.45, 7) is 2.83. The summed E-state index contributed by atoms with van der Waals surface area (Å²) in [5, 5.41) is 15.0. The predicted octanol–water partition coefficient (Wildman–Crippen LogP) is 2.52. The fraction of sp³-hybridized carbons (Fsp3) is 0.385. The molecule has 0 aliphatic carbocycles. The zero-order chi connectivity index (χ0) is 15.4. The molecular formula is C13H15Cl2N3O3. The third kappa shape index (κ3) is 4.00. The van der Waals surface area contributed by atoms with Crippen molar-refractivity contribution in [1.29, 1.82) is 0 Å². The van der Waals surface area contributed by atoms with Crippen LogP contribution in [0.1, 0.15) is 16.8 Å². The lowest BCUT2D eigenvalue weighted by molar-refractivity contribution is 0.0697. The second-order valence-corrected chi connectivity index (χ2v) is 5.46. The molecule has 0 radical (unpaired) electrons. The maximum Gasteiger partial charge on any atom is 0.335 e. The molecule has 1 aliphatic heterocycles.